The van der Waals surface area contributed by atoms with Crippen molar-refractivity contribution in [3.05, 3.63) is 108 Å². The third-order valence-electron chi connectivity index (χ3n) is 7.74. The first-order chi connectivity index (χ1) is 19.1. The van der Waals surface area contributed by atoms with E-state index in [9.17, 15) is 9.59 Å². The predicted molar refractivity (Wildman–Crippen MR) is 146 cm³/mol. The van der Waals surface area contributed by atoms with E-state index in [1.54, 1.807) is 0 Å². The second-order valence-electron chi connectivity index (χ2n) is 9.92. The van der Waals surface area contributed by atoms with Crippen LogP contribution in [0.5, 0.6) is 17.2 Å². The van der Waals surface area contributed by atoms with Gasteiger partial charge < -0.3 is 24.4 Å². The summed E-state index contributed by atoms with van der Waals surface area (Å²) in [5, 5.41) is 2.99. The summed E-state index contributed by atoms with van der Waals surface area (Å²) >= 11 is 0. The highest BCUT2D eigenvalue weighted by Crippen LogP contribution is 2.54. The molecule has 0 saturated carbocycles. The molecule has 39 heavy (non-hydrogen) atoms. The number of amides is 2. The molecule has 1 spiro atoms. The van der Waals surface area contributed by atoms with Crippen molar-refractivity contribution in [2.75, 3.05) is 31.4 Å². The standard InChI is InChI=1S/C32H26N2O5/c35-30(23-13-11-22(12-14-23)21-7-2-1-3-8-21)33-15-6-16-34-26-10-5-4-9-24(26)32(31(34)36)19-37-27-18-29-28(17-25(27)32)38-20-39-29/h1-5,7-14,17-18H,6,15-16,19-20H2,(H,33,35). The lowest BCUT2D eigenvalue weighted by atomic mass is 9.77. The van der Waals surface area contributed by atoms with Gasteiger partial charge in [0.05, 0.1) is 0 Å². The molecule has 0 bridgehead atoms. The van der Waals surface area contributed by atoms with E-state index in [0.717, 1.165) is 27.9 Å². The molecule has 3 aliphatic rings. The zero-order valence-corrected chi connectivity index (χ0v) is 21.2. The third kappa shape index (κ3) is 3.73. The number of benzene rings is 4. The van der Waals surface area contributed by atoms with Gasteiger partial charge in [-0.2, -0.15) is 0 Å². The molecule has 1 N–H and O–H groups in total. The lowest BCUT2D eigenvalue weighted by Gasteiger charge is -2.23. The van der Waals surface area contributed by atoms with Crippen molar-refractivity contribution in [3.63, 3.8) is 0 Å². The van der Waals surface area contributed by atoms with Gasteiger partial charge in [0.2, 0.25) is 12.7 Å². The number of ether oxygens (including phenoxy) is 3. The summed E-state index contributed by atoms with van der Waals surface area (Å²) in [5.74, 6) is 1.75. The quantitative estimate of drug-likeness (QED) is 0.367. The van der Waals surface area contributed by atoms with Crippen molar-refractivity contribution in [1.29, 1.82) is 0 Å². The highest BCUT2D eigenvalue weighted by molar-refractivity contribution is 6.11. The molecule has 1 unspecified atom stereocenters. The van der Waals surface area contributed by atoms with Crippen LogP contribution in [-0.4, -0.2) is 38.3 Å². The van der Waals surface area contributed by atoms with Crippen LogP contribution in [0.4, 0.5) is 5.69 Å². The Hall–Kier alpha value is -4.78. The lowest BCUT2D eigenvalue weighted by molar-refractivity contribution is -0.122. The fraction of sp³-hybridized carbons (Fsp3) is 0.188. The van der Waals surface area contributed by atoms with Crippen molar-refractivity contribution >= 4 is 17.5 Å². The van der Waals surface area contributed by atoms with Crippen LogP contribution in [0.15, 0.2) is 91.0 Å². The number of anilines is 1. The number of nitrogens with zero attached hydrogens (tertiary/aromatic N) is 1. The van der Waals surface area contributed by atoms with Crippen LogP contribution in [0.3, 0.4) is 0 Å². The number of carbonyl (C=O) groups is 2. The molecule has 0 aromatic heterocycles. The largest absolute Gasteiger partial charge is 0.491 e. The monoisotopic (exact) mass is 518 g/mol. The van der Waals surface area contributed by atoms with Gasteiger partial charge >= 0.3 is 0 Å². The van der Waals surface area contributed by atoms with E-state index in [1.165, 1.54) is 0 Å². The summed E-state index contributed by atoms with van der Waals surface area (Å²) in [6.07, 6.45) is 0.610. The van der Waals surface area contributed by atoms with Gasteiger partial charge in [-0.3, -0.25) is 9.59 Å². The molecule has 7 nitrogen and oxygen atoms in total. The molecule has 0 fully saturated rings. The van der Waals surface area contributed by atoms with E-state index in [1.807, 2.05) is 95.9 Å². The maximum Gasteiger partial charge on any atom is 0.251 e. The minimum absolute atomic E-state index is 0.0239. The molecule has 0 saturated heterocycles. The van der Waals surface area contributed by atoms with Crippen molar-refractivity contribution in [3.8, 4) is 28.4 Å². The van der Waals surface area contributed by atoms with Gasteiger partial charge in [-0.15, -0.1) is 0 Å². The Morgan fingerprint density at radius 3 is 2.33 bits per heavy atom. The third-order valence-corrected chi connectivity index (χ3v) is 7.74. The fourth-order valence-corrected chi connectivity index (χ4v) is 5.77. The van der Waals surface area contributed by atoms with Crippen molar-refractivity contribution in [2.24, 2.45) is 0 Å². The second-order valence-corrected chi connectivity index (χ2v) is 9.92. The Labute approximate surface area is 225 Å². The van der Waals surface area contributed by atoms with Gasteiger partial charge in [-0.1, -0.05) is 60.7 Å². The Bertz CT molecular complexity index is 1580. The van der Waals surface area contributed by atoms with Gasteiger partial charge in [0.25, 0.3) is 5.91 Å². The molecular weight excluding hydrogens is 492 g/mol. The van der Waals surface area contributed by atoms with Gasteiger partial charge in [0.1, 0.15) is 17.8 Å². The Morgan fingerprint density at radius 2 is 1.51 bits per heavy atom. The molecule has 0 radical (unpaired) electrons. The summed E-state index contributed by atoms with van der Waals surface area (Å²) in [6, 6.07) is 29.2. The molecular formula is C32H26N2O5. The van der Waals surface area contributed by atoms with Crippen LogP contribution >= 0.6 is 0 Å². The van der Waals surface area contributed by atoms with Crippen molar-refractivity contribution in [2.45, 2.75) is 11.8 Å². The number of hydrogen-bond donors (Lipinski definition) is 1. The van der Waals surface area contributed by atoms with E-state index in [-0.39, 0.29) is 25.2 Å². The minimum Gasteiger partial charge on any atom is -0.491 e. The number of hydrogen-bond acceptors (Lipinski definition) is 5. The van der Waals surface area contributed by atoms with Crippen LogP contribution in [0.25, 0.3) is 11.1 Å². The second kappa shape index (κ2) is 9.20. The highest BCUT2D eigenvalue weighted by Gasteiger charge is 2.57. The molecule has 7 heteroatoms. The molecule has 2 amide bonds. The van der Waals surface area contributed by atoms with Gasteiger partial charge in [-0.05, 0) is 47.4 Å². The number of carbonyl (C=O) groups excluding carboxylic acids is 2. The molecule has 3 aliphatic heterocycles. The summed E-state index contributed by atoms with van der Waals surface area (Å²) in [4.78, 5) is 28.6. The first-order valence-electron chi connectivity index (χ1n) is 13.1. The molecule has 0 aliphatic carbocycles. The zero-order valence-electron chi connectivity index (χ0n) is 21.2. The number of rotatable bonds is 6. The maximum atomic E-state index is 14.0. The van der Waals surface area contributed by atoms with Crippen LogP contribution < -0.4 is 24.4 Å². The van der Waals surface area contributed by atoms with E-state index in [4.69, 9.17) is 14.2 Å². The first kappa shape index (κ1) is 23.3. The Kier molecular flexibility index (Phi) is 5.51. The van der Waals surface area contributed by atoms with E-state index >= 15 is 0 Å². The zero-order chi connectivity index (χ0) is 26.4. The van der Waals surface area contributed by atoms with Gasteiger partial charge in [0, 0.05) is 36.0 Å². The van der Waals surface area contributed by atoms with Crippen LogP contribution in [0.2, 0.25) is 0 Å². The average Bonchev–Trinajstić information content (AvgIpc) is 3.66. The molecule has 3 heterocycles. The molecule has 1 atom stereocenters. The topological polar surface area (TPSA) is 77.1 Å². The normalized spacial score (nSPS) is 18.2. The minimum atomic E-state index is -0.920. The summed E-state index contributed by atoms with van der Waals surface area (Å²) < 4.78 is 17.1. The van der Waals surface area contributed by atoms with Crippen molar-refractivity contribution < 1.29 is 23.8 Å². The maximum absolute atomic E-state index is 14.0. The SMILES string of the molecule is O=C(NCCCN1C(=O)C2(COc3cc4c(cc32)OCO4)c2ccccc21)c1ccc(-c2ccccc2)cc1. The number of para-hydroxylation sites is 1. The molecule has 4 aromatic rings. The predicted octanol–water partition coefficient (Wildman–Crippen LogP) is 4.93. The fourth-order valence-electron chi connectivity index (χ4n) is 5.77. The smallest absolute Gasteiger partial charge is 0.251 e. The summed E-state index contributed by atoms with van der Waals surface area (Å²) in [6.45, 7) is 1.31. The van der Waals surface area contributed by atoms with E-state index < -0.39 is 5.41 Å². The highest BCUT2D eigenvalue weighted by atomic mass is 16.7. The molecule has 7 rings (SSSR count). The summed E-state index contributed by atoms with van der Waals surface area (Å²) in [7, 11) is 0. The lowest BCUT2D eigenvalue weighted by Crippen LogP contribution is -2.43. The van der Waals surface area contributed by atoms with E-state index in [2.05, 4.69) is 5.32 Å². The van der Waals surface area contributed by atoms with Crippen LogP contribution in [0.1, 0.15) is 27.9 Å². The van der Waals surface area contributed by atoms with Crippen LogP contribution in [0, 0.1) is 0 Å². The Balaban J connectivity index is 1.04. The van der Waals surface area contributed by atoms with Gasteiger partial charge in [-0.25, -0.2) is 0 Å². The van der Waals surface area contributed by atoms with Crippen LogP contribution in [-0.2, 0) is 10.2 Å². The van der Waals surface area contributed by atoms with Crippen molar-refractivity contribution in [1.82, 2.24) is 5.32 Å². The number of nitrogens with one attached hydrogen (secondary N) is 1. The first-order valence-corrected chi connectivity index (χ1v) is 13.1. The summed E-state index contributed by atoms with van der Waals surface area (Å²) in [5.41, 5.74) is 4.46. The van der Waals surface area contributed by atoms with E-state index in [0.29, 0.717) is 42.3 Å². The Morgan fingerprint density at radius 1 is 0.795 bits per heavy atom. The average molecular weight is 519 g/mol. The van der Waals surface area contributed by atoms with Gasteiger partial charge in [0.15, 0.2) is 11.5 Å². The molecule has 194 valence electrons. The molecule has 4 aromatic carbocycles. The number of fused-ring (bicyclic) bond motifs is 5.